The van der Waals surface area contributed by atoms with Crippen LogP contribution in [0.1, 0.15) is 38.2 Å². The molecule has 1 aliphatic rings. The van der Waals surface area contributed by atoms with Gasteiger partial charge in [-0.3, -0.25) is 4.99 Å². The summed E-state index contributed by atoms with van der Waals surface area (Å²) < 4.78 is 5.38. The lowest BCUT2D eigenvalue weighted by molar-refractivity contribution is 0.143. The van der Waals surface area contributed by atoms with Crippen LogP contribution in [0.5, 0.6) is 0 Å². The number of piperidine rings is 1. The van der Waals surface area contributed by atoms with E-state index in [9.17, 15) is 0 Å². The summed E-state index contributed by atoms with van der Waals surface area (Å²) in [6.45, 7) is 6.91. The van der Waals surface area contributed by atoms with Gasteiger partial charge >= 0.3 is 0 Å². The Balaban J connectivity index is 1.66. The topological polar surface area (TPSA) is 36.9 Å². The highest BCUT2D eigenvalue weighted by molar-refractivity contribution is 5.79. The molecule has 4 nitrogen and oxygen atoms in total. The quantitative estimate of drug-likeness (QED) is 0.451. The van der Waals surface area contributed by atoms with Gasteiger partial charge in [0.15, 0.2) is 5.96 Å². The first kappa shape index (κ1) is 18.8. The van der Waals surface area contributed by atoms with E-state index in [0.717, 1.165) is 57.6 Å². The van der Waals surface area contributed by atoms with E-state index in [4.69, 9.17) is 4.74 Å². The Morgan fingerprint density at radius 2 is 1.96 bits per heavy atom. The van der Waals surface area contributed by atoms with Crippen molar-refractivity contribution in [1.29, 1.82) is 0 Å². The molecule has 0 bridgehead atoms. The molecule has 134 valence electrons. The minimum Gasteiger partial charge on any atom is -0.382 e. The normalized spacial score (nSPS) is 16.4. The van der Waals surface area contributed by atoms with Gasteiger partial charge < -0.3 is 15.0 Å². The van der Waals surface area contributed by atoms with E-state index in [1.165, 1.54) is 24.8 Å². The molecule has 0 atom stereocenters. The molecule has 24 heavy (non-hydrogen) atoms. The van der Waals surface area contributed by atoms with Gasteiger partial charge in [-0.05, 0) is 50.5 Å². The maximum atomic E-state index is 5.38. The predicted molar refractivity (Wildman–Crippen MR) is 102 cm³/mol. The van der Waals surface area contributed by atoms with Crippen LogP contribution < -0.4 is 5.32 Å². The first-order chi connectivity index (χ1) is 11.8. The fraction of sp³-hybridized carbons (Fsp3) is 0.650. The molecule has 1 aromatic rings. The van der Waals surface area contributed by atoms with E-state index in [0.29, 0.717) is 0 Å². The number of guanidine groups is 1. The van der Waals surface area contributed by atoms with Crippen molar-refractivity contribution in [2.75, 3.05) is 39.9 Å². The average Bonchev–Trinajstić information content (AvgIpc) is 2.63. The Labute approximate surface area is 147 Å². The third-order valence-electron chi connectivity index (χ3n) is 4.70. The van der Waals surface area contributed by atoms with Gasteiger partial charge in [0.05, 0.1) is 0 Å². The molecule has 1 aromatic carbocycles. The average molecular weight is 332 g/mol. The molecule has 4 heteroatoms. The Kier molecular flexibility index (Phi) is 8.67. The van der Waals surface area contributed by atoms with Crippen LogP contribution in [0.4, 0.5) is 0 Å². The highest BCUT2D eigenvalue weighted by atomic mass is 16.5. The molecule has 0 aromatic heterocycles. The largest absolute Gasteiger partial charge is 0.382 e. The van der Waals surface area contributed by atoms with Gasteiger partial charge in [0.25, 0.3) is 0 Å². The summed E-state index contributed by atoms with van der Waals surface area (Å²) >= 11 is 0. The molecule has 0 spiro atoms. The standard InChI is InChI=1S/C20H33N3O/c1-3-24-16-8-7-13-22-20(21-2)23-14-11-19(12-15-23)17-18-9-5-4-6-10-18/h4-6,9-10,19H,3,7-8,11-17H2,1-2H3,(H,21,22). The van der Waals surface area contributed by atoms with Gasteiger partial charge in [-0.2, -0.15) is 0 Å². The maximum Gasteiger partial charge on any atom is 0.193 e. The summed E-state index contributed by atoms with van der Waals surface area (Å²) in [7, 11) is 1.89. The molecule has 1 saturated heterocycles. The van der Waals surface area contributed by atoms with Gasteiger partial charge in [-0.25, -0.2) is 0 Å². The number of hydrogen-bond acceptors (Lipinski definition) is 2. The Morgan fingerprint density at radius 1 is 1.21 bits per heavy atom. The monoisotopic (exact) mass is 331 g/mol. The fourth-order valence-electron chi connectivity index (χ4n) is 3.30. The fourth-order valence-corrected chi connectivity index (χ4v) is 3.30. The lowest BCUT2D eigenvalue weighted by atomic mass is 9.90. The Morgan fingerprint density at radius 3 is 2.62 bits per heavy atom. The Bertz CT molecular complexity index is 467. The van der Waals surface area contributed by atoms with Crippen LogP contribution >= 0.6 is 0 Å². The minimum absolute atomic E-state index is 0.799. The third kappa shape index (κ3) is 6.52. The number of likely N-dealkylation sites (tertiary alicyclic amines) is 1. The summed E-state index contributed by atoms with van der Waals surface area (Å²) in [6.07, 6.45) is 5.94. The van der Waals surface area contributed by atoms with Crippen LogP contribution in [-0.4, -0.2) is 50.8 Å². The van der Waals surface area contributed by atoms with E-state index in [2.05, 4.69) is 45.5 Å². The second kappa shape index (κ2) is 11.1. The van der Waals surface area contributed by atoms with Gasteiger partial charge in [0.2, 0.25) is 0 Å². The van der Waals surface area contributed by atoms with Gasteiger partial charge in [-0.1, -0.05) is 30.3 Å². The molecule has 0 amide bonds. The van der Waals surface area contributed by atoms with Crippen LogP contribution in [0.3, 0.4) is 0 Å². The zero-order chi connectivity index (χ0) is 17.0. The molecule has 0 unspecified atom stereocenters. The van der Waals surface area contributed by atoms with Crippen molar-refractivity contribution in [2.24, 2.45) is 10.9 Å². The van der Waals surface area contributed by atoms with Crippen molar-refractivity contribution in [3.05, 3.63) is 35.9 Å². The van der Waals surface area contributed by atoms with E-state index < -0.39 is 0 Å². The first-order valence-corrected chi connectivity index (χ1v) is 9.40. The second-order valence-electron chi connectivity index (χ2n) is 6.50. The molecular weight excluding hydrogens is 298 g/mol. The number of rotatable bonds is 8. The zero-order valence-corrected chi connectivity index (χ0v) is 15.3. The molecule has 1 N–H and O–H groups in total. The lowest BCUT2D eigenvalue weighted by Crippen LogP contribution is -2.46. The number of unbranched alkanes of at least 4 members (excludes halogenated alkanes) is 1. The SMILES string of the molecule is CCOCCCCNC(=NC)N1CCC(Cc2ccccc2)CC1. The van der Waals surface area contributed by atoms with Gasteiger partial charge in [0.1, 0.15) is 0 Å². The highest BCUT2D eigenvalue weighted by Gasteiger charge is 2.21. The van der Waals surface area contributed by atoms with Crippen molar-refractivity contribution < 1.29 is 4.74 Å². The lowest BCUT2D eigenvalue weighted by Gasteiger charge is -2.34. The zero-order valence-electron chi connectivity index (χ0n) is 15.3. The molecule has 1 aliphatic heterocycles. The van der Waals surface area contributed by atoms with Crippen molar-refractivity contribution in [3.63, 3.8) is 0 Å². The van der Waals surface area contributed by atoms with Crippen molar-refractivity contribution >= 4 is 5.96 Å². The van der Waals surface area contributed by atoms with E-state index >= 15 is 0 Å². The summed E-state index contributed by atoms with van der Waals surface area (Å²) in [5.74, 6) is 1.86. The molecule has 2 rings (SSSR count). The number of nitrogens with zero attached hydrogens (tertiary/aromatic N) is 2. The summed E-state index contributed by atoms with van der Waals surface area (Å²) in [6, 6.07) is 10.9. The molecule has 0 saturated carbocycles. The Hall–Kier alpha value is -1.55. The van der Waals surface area contributed by atoms with E-state index in [1.807, 2.05) is 14.0 Å². The van der Waals surface area contributed by atoms with Crippen molar-refractivity contribution in [3.8, 4) is 0 Å². The minimum atomic E-state index is 0.799. The summed E-state index contributed by atoms with van der Waals surface area (Å²) in [4.78, 5) is 6.86. The number of hydrogen-bond donors (Lipinski definition) is 1. The summed E-state index contributed by atoms with van der Waals surface area (Å²) in [5, 5.41) is 3.50. The number of nitrogens with one attached hydrogen (secondary N) is 1. The van der Waals surface area contributed by atoms with Crippen LogP contribution in [0.25, 0.3) is 0 Å². The maximum absolute atomic E-state index is 5.38. The number of aliphatic imine (C=N–C) groups is 1. The highest BCUT2D eigenvalue weighted by Crippen LogP contribution is 2.21. The second-order valence-corrected chi connectivity index (χ2v) is 6.50. The molecular formula is C20H33N3O. The first-order valence-electron chi connectivity index (χ1n) is 9.40. The van der Waals surface area contributed by atoms with E-state index in [-0.39, 0.29) is 0 Å². The third-order valence-corrected chi connectivity index (χ3v) is 4.70. The van der Waals surface area contributed by atoms with Gasteiger partial charge in [-0.15, -0.1) is 0 Å². The summed E-state index contributed by atoms with van der Waals surface area (Å²) in [5.41, 5.74) is 1.47. The van der Waals surface area contributed by atoms with Crippen LogP contribution in [-0.2, 0) is 11.2 Å². The van der Waals surface area contributed by atoms with Crippen molar-refractivity contribution in [2.45, 2.75) is 39.0 Å². The van der Waals surface area contributed by atoms with Crippen LogP contribution in [0.15, 0.2) is 35.3 Å². The predicted octanol–water partition coefficient (Wildman–Crippen LogP) is 3.33. The van der Waals surface area contributed by atoms with Crippen LogP contribution in [0.2, 0.25) is 0 Å². The van der Waals surface area contributed by atoms with E-state index in [1.54, 1.807) is 0 Å². The number of benzene rings is 1. The van der Waals surface area contributed by atoms with Gasteiger partial charge in [0, 0.05) is 39.9 Å². The smallest absolute Gasteiger partial charge is 0.193 e. The van der Waals surface area contributed by atoms with Crippen molar-refractivity contribution in [1.82, 2.24) is 10.2 Å². The van der Waals surface area contributed by atoms with Crippen LogP contribution in [0, 0.1) is 5.92 Å². The molecule has 1 heterocycles. The number of ether oxygens (including phenoxy) is 1. The molecule has 0 aliphatic carbocycles. The molecule has 1 fully saturated rings. The molecule has 0 radical (unpaired) electrons.